The van der Waals surface area contributed by atoms with Crippen LogP contribution in [0, 0.1) is 13.0 Å². The molecule has 0 amide bonds. The molecule has 0 fully saturated rings. The van der Waals surface area contributed by atoms with Crippen molar-refractivity contribution < 1.29 is 31.4 Å². The molecule has 0 atom stereocenters. The number of aliphatic hydroxyl groups is 1. The van der Waals surface area contributed by atoms with Crippen LogP contribution in [0.4, 0.5) is 0 Å². The third-order valence-electron chi connectivity index (χ3n) is 5.72. The van der Waals surface area contributed by atoms with Crippen LogP contribution in [0.2, 0.25) is 0 Å². The van der Waals surface area contributed by atoms with Gasteiger partial charge in [0.25, 0.3) is 0 Å². The van der Waals surface area contributed by atoms with E-state index in [4.69, 9.17) is 11.5 Å². The molecule has 1 N–H and O–H groups in total. The Hall–Kier alpha value is -2.88. The molecule has 0 saturated heterocycles. The Morgan fingerprint density at radius 2 is 1.81 bits per heavy atom. The fraction of sp³-hybridized carbons (Fsp3) is 0.222. The summed E-state index contributed by atoms with van der Waals surface area (Å²) in [6.45, 7) is 9.26. The zero-order valence-electron chi connectivity index (χ0n) is 19.7. The average Bonchev–Trinajstić information content (AvgIpc) is 2.76. The summed E-state index contributed by atoms with van der Waals surface area (Å²) < 4.78 is 6.76. The summed E-state index contributed by atoms with van der Waals surface area (Å²) in [6.07, 6.45) is 1.77. The minimum atomic E-state index is -0.412. The summed E-state index contributed by atoms with van der Waals surface area (Å²) in [5, 5.41) is 10.9. The van der Waals surface area contributed by atoms with Crippen LogP contribution in [0.1, 0.15) is 45.8 Å². The smallest absolute Gasteiger partial charge is 0.155 e. The minimum Gasteiger partial charge on any atom is -0.512 e. The Morgan fingerprint density at radius 1 is 1.12 bits per heavy atom. The number of aryl methyl sites for hydroxylation is 1. The van der Waals surface area contributed by atoms with Crippen LogP contribution < -0.4 is 0 Å². The molecule has 1 radical (unpaired) electrons. The number of hydrogen-bond acceptors (Lipinski definition) is 4. The number of carbonyl (C=O) groups excluding carboxylic acids is 1. The zero-order chi connectivity index (χ0) is 23.2. The first-order valence-corrected chi connectivity index (χ1v) is 10.2. The molecule has 4 nitrogen and oxygen atoms in total. The van der Waals surface area contributed by atoms with E-state index >= 15 is 0 Å². The summed E-state index contributed by atoms with van der Waals surface area (Å²) in [4.78, 5) is 19.7. The van der Waals surface area contributed by atoms with Gasteiger partial charge in [-0.1, -0.05) is 60.7 Å². The van der Waals surface area contributed by atoms with Gasteiger partial charge in [-0.05, 0) is 55.8 Å². The van der Waals surface area contributed by atoms with Crippen molar-refractivity contribution in [1.29, 1.82) is 0 Å². The topological polar surface area (TPSA) is 63.1 Å². The fourth-order valence-corrected chi connectivity index (χ4v) is 4.27. The average molecular weight is 603 g/mol. The maximum atomic E-state index is 10.2. The molecule has 2 aromatic carbocycles. The summed E-state index contributed by atoms with van der Waals surface area (Å²) in [5.74, 6) is -0.637. The summed E-state index contributed by atoms with van der Waals surface area (Å²) in [7, 11) is 0. The van der Waals surface area contributed by atoms with Crippen LogP contribution >= 0.6 is 0 Å². The zero-order valence-corrected chi connectivity index (χ0v) is 21.1. The Bertz CT molecular complexity index is 1420. The first-order chi connectivity index (χ1) is 15.1. The summed E-state index contributed by atoms with van der Waals surface area (Å²) in [6, 6.07) is 18.1. The van der Waals surface area contributed by atoms with E-state index < -0.39 is 5.78 Å². The number of ketones is 1. The number of carbonyl (C=O) groups is 1. The van der Waals surface area contributed by atoms with E-state index in [0.29, 0.717) is 0 Å². The van der Waals surface area contributed by atoms with Crippen molar-refractivity contribution >= 4 is 27.6 Å². The van der Waals surface area contributed by atoms with Gasteiger partial charge in [-0.25, -0.2) is 0 Å². The fourth-order valence-electron chi connectivity index (χ4n) is 4.27. The van der Waals surface area contributed by atoms with Gasteiger partial charge >= 0.3 is 0 Å². The van der Waals surface area contributed by atoms with E-state index in [1.807, 2.05) is 0 Å². The van der Waals surface area contributed by atoms with Gasteiger partial charge < -0.3 is 10.1 Å². The van der Waals surface area contributed by atoms with E-state index in [2.05, 4.69) is 74.3 Å². The van der Waals surface area contributed by atoms with E-state index in [1.54, 1.807) is 6.20 Å². The van der Waals surface area contributed by atoms with E-state index in [-0.39, 0.29) is 37.3 Å². The number of pyridine rings is 2. The standard InChI is InChI=1S/C22H17N2.C5H8O2.Ir/c1-13-6-4-8-18-15(13)12-17-21(24-18)14-10-11-23-19-9-5-7-16(20(14)19)22(17,2)3;1-4(6)3-5(2)7;/h4-9,11-12H,1-3H3;3,6H,1-2H3;/q-1;;/b;4-3-;/i;3D;. The molecule has 32 heavy (non-hydrogen) atoms. The molecule has 0 bridgehead atoms. The number of allylic oxidation sites excluding steroid dienone is 2. The van der Waals surface area contributed by atoms with Crippen molar-refractivity contribution in [2.75, 3.05) is 0 Å². The Labute approximate surface area is 203 Å². The van der Waals surface area contributed by atoms with Crippen molar-refractivity contribution in [3.63, 3.8) is 0 Å². The van der Waals surface area contributed by atoms with Crippen molar-refractivity contribution in [3.05, 3.63) is 83.2 Å². The van der Waals surface area contributed by atoms with Gasteiger partial charge in [-0.15, -0.1) is 0 Å². The van der Waals surface area contributed by atoms with Crippen molar-refractivity contribution in [2.24, 2.45) is 0 Å². The van der Waals surface area contributed by atoms with Crippen LogP contribution in [-0.2, 0) is 30.3 Å². The molecule has 5 heteroatoms. The number of benzene rings is 2. The molecule has 5 rings (SSSR count). The Kier molecular flexibility index (Phi) is 6.23. The molecular weight excluding hydrogens is 577 g/mol. The molecule has 2 heterocycles. The summed E-state index contributed by atoms with van der Waals surface area (Å²) in [5.41, 5.74) is 7.92. The predicted molar refractivity (Wildman–Crippen MR) is 125 cm³/mol. The quantitative estimate of drug-likeness (QED) is 0.159. The Balaban J connectivity index is 0.000000297. The van der Waals surface area contributed by atoms with Gasteiger partial charge in [0.1, 0.15) is 0 Å². The van der Waals surface area contributed by atoms with Crippen LogP contribution in [0.15, 0.2) is 60.5 Å². The number of fused-ring (bicyclic) bond motifs is 3. The van der Waals surface area contributed by atoms with E-state index in [9.17, 15) is 4.79 Å². The second-order valence-corrected chi connectivity index (χ2v) is 8.39. The molecule has 2 aromatic heterocycles. The van der Waals surface area contributed by atoms with Crippen molar-refractivity contribution in [2.45, 2.75) is 40.0 Å². The van der Waals surface area contributed by atoms with Crippen LogP contribution in [-0.4, -0.2) is 20.9 Å². The van der Waals surface area contributed by atoms with Gasteiger partial charge in [0.05, 0.1) is 12.6 Å². The third-order valence-corrected chi connectivity index (χ3v) is 5.72. The predicted octanol–water partition coefficient (Wildman–Crippen LogP) is 6.23. The first-order valence-electron chi connectivity index (χ1n) is 10.7. The maximum absolute atomic E-state index is 10.2. The van der Waals surface area contributed by atoms with Gasteiger partial charge in [0, 0.05) is 37.1 Å². The SMILES string of the molecule is Cc1cccc2nc3c(cc12)C(C)(C)c1cccc2nc[c-]c-3c12.[2H]/C(C(C)=O)=C(\C)O.[Ir]. The van der Waals surface area contributed by atoms with Crippen LogP contribution in [0.25, 0.3) is 33.1 Å². The molecule has 0 saturated carbocycles. The molecule has 0 aliphatic heterocycles. The number of aliphatic hydroxyl groups excluding tert-OH is 1. The second kappa shape index (κ2) is 8.93. The normalized spacial score (nSPS) is 14.3. The molecule has 0 spiro atoms. The van der Waals surface area contributed by atoms with E-state index in [1.165, 1.54) is 41.3 Å². The maximum Gasteiger partial charge on any atom is 0.155 e. The molecule has 1 aliphatic rings. The molecule has 165 valence electrons. The second-order valence-electron chi connectivity index (χ2n) is 8.39. The van der Waals surface area contributed by atoms with Crippen LogP contribution in [0.5, 0.6) is 0 Å². The van der Waals surface area contributed by atoms with Crippen molar-refractivity contribution in [3.8, 4) is 11.3 Å². The largest absolute Gasteiger partial charge is 0.512 e. The van der Waals surface area contributed by atoms with Crippen LogP contribution in [0.3, 0.4) is 0 Å². The number of rotatable bonds is 1. The number of hydrogen-bond donors (Lipinski definition) is 1. The van der Waals surface area contributed by atoms with Gasteiger partial charge in [0.15, 0.2) is 5.78 Å². The van der Waals surface area contributed by atoms with Gasteiger partial charge in [-0.2, -0.15) is 11.6 Å². The number of aromatic nitrogens is 2. The van der Waals surface area contributed by atoms with Crippen molar-refractivity contribution in [1.82, 2.24) is 9.97 Å². The molecule has 1 aliphatic carbocycles. The van der Waals surface area contributed by atoms with E-state index in [0.717, 1.165) is 22.3 Å². The number of nitrogens with zero attached hydrogens (tertiary/aromatic N) is 2. The van der Waals surface area contributed by atoms with Gasteiger partial charge in [-0.3, -0.25) is 9.78 Å². The molecule has 4 aromatic rings. The summed E-state index contributed by atoms with van der Waals surface area (Å²) >= 11 is 0. The first kappa shape index (κ1) is 22.3. The molecule has 0 unspecified atom stereocenters. The monoisotopic (exact) mass is 603 g/mol. The van der Waals surface area contributed by atoms with Gasteiger partial charge in [0.2, 0.25) is 0 Å². The minimum absolute atomic E-state index is 0. The Morgan fingerprint density at radius 3 is 2.47 bits per heavy atom. The molecular formula is C27H25IrN2O2-. The third kappa shape index (κ3) is 4.11.